The van der Waals surface area contributed by atoms with E-state index in [0.29, 0.717) is 24.8 Å². The van der Waals surface area contributed by atoms with Crippen molar-refractivity contribution in [3.8, 4) is 5.75 Å². The Bertz CT molecular complexity index is 723. The number of aromatic nitrogens is 3. The molecular formula is C17H23ClN4O2. The zero-order valence-corrected chi connectivity index (χ0v) is 14.7. The second-order valence-electron chi connectivity index (χ2n) is 6.18. The fraction of sp³-hybridized carbons (Fsp3) is 0.529. The lowest BCUT2D eigenvalue weighted by molar-refractivity contribution is 0.196. The molecule has 0 saturated carbocycles. The third-order valence-electron chi connectivity index (χ3n) is 4.21. The Morgan fingerprint density at radius 2 is 2.04 bits per heavy atom. The first-order valence-electron chi connectivity index (χ1n) is 8.37. The van der Waals surface area contributed by atoms with Crippen LogP contribution in [0.4, 0.5) is 0 Å². The summed E-state index contributed by atoms with van der Waals surface area (Å²) in [5.74, 6) is 1.71. The van der Waals surface area contributed by atoms with Crippen LogP contribution in [-0.2, 0) is 19.6 Å². The van der Waals surface area contributed by atoms with E-state index in [1.165, 1.54) is 6.42 Å². The van der Waals surface area contributed by atoms with Gasteiger partial charge in [0.25, 0.3) is 0 Å². The van der Waals surface area contributed by atoms with Gasteiger partial charge in [0.1, 0.15) is 18.2 Å². The van der Waals surface area contributed by atoms with Crippen molar-refractivity contribution in [1.29, 1.82) is 0 Å². The second kappa shape index (κ2) is 7.85. The molecule has 1 aromatic carbocycles. The van der Waals surface area contributed by atoms with Crippen molar-refractivity contribution in [2.45, 2.75) is 38.9 Å². The van der Waals surface area contributed by atoms with Crippen LogP contribution in [0.1, 0.15) is 25.1 Å². The third-order valence-corrected chi connectivity index (χ3v) is 4.46. The van der Waals surface area contributed by atoms with Gasteiger partial charge in [-0.1, -0.05) is 18.0 Å². The number of benzene rings is 1. The highest BCUT2D eigenvalue weighted by molar-refractivity contribution is 6.30. The van der Waals surface area contributed by atoms with Crippen LogP contribution in [0.25, 0.3) is 0 Å². The molecule has 130 valence electrons. The van der Waals surface area contributed by atoms with Crippen LogP contribution in [0.5, 0.6) is 5.75 Å². The van der Waals surface area contributed by atoms with Gasteiger partial charge in [0, 0.05) is 24.5 Å². The number of halogens is 1. The second-order valence-corrected chi connectivity index (χ2v) is 6.62. The van der Waals surface area contributed by atoms with E-state index in [1.54, 1.807) is 16.8 Å². The molecule has 0 radical (unpaired) electrons. The summed E-state index contributed by atoms with van der Waals surface area (Å²) < 4.78 is 9.07. The molecule has 0 N–H and O–H groups in total. The van der Waals surface area contributed by atoms with Crippen molar-refractivity contribution in [2.75, 3.05) is 20.2 Å². The average molecular weight is 351 g/mol. The van der Waals surface area contributed by atoms with Crippen LogP contribution in [0.3, 0.4) is 0 Å². The Morgan fingerprint density at radius 3 is 2.83 bits per heavy atom. The van der Waals surface area contributed by atoms with E-state index < -0.39 is 0 Å². The number of nitrogens with zero attached hydrogens (tertiary/aromatic N) is 4. The molecule has 0 bridgehead atoms. The van der Waals surface area contributed by atoms with Gasteiger partial charge < -0.3 is 4.74 Å². The Balaban J connectivity index is 1.52. The Kier molecular flexibility index (Phi) is 5.58. The Hall–Kier alpha value is -1.79. The summed E-state index contributed by atoms with van der Waals surface area (Å²) in [5.41, 5.74) is -0.00244. The highest BCUT2D eigenvalue weighted by Gasteiger charge is 2.16. The summed E-state index contributed by atoms with van der Waals surface area (Å²) in [6.45, 7) is 2.51. The number of ether oxygens (including phenoxy) is 1. The van der Waals surface area contributed by atoms with Gasteiger partial charge in [0.05, 0.1) is 6.67 Å². The van der Waals surface area contributed by atoms with Gasteiger partial charge in [0.2, 0.25) is 0 Å². The maximum absolute atomic E-state index is 12.4. The van der Waals surface area contributed by atoms with Crippen molar-refractivity contribution in [3.05, 3.63) is 45.6 Å². The molecule has 0 spiro atoms. The van der Waals surface area contributed by atoms with Gasteiger partial charge >= 0.3 is 5.69 Å². The minimum absolute atomic E-state index is 0.00244. The molecule has 0 amide bonds. The number of rotatable bonds is 6. The van der Waals surface area contributed by atoms with Crippen LogP contribution in [-0.4, -0.2) is 39.4 Å². The number of likely N-dealkylation sites (N-methyl/N-ethyl adjacent to an activating group) is 1. The fourth-order valence-electron chi connectivity index (χ4n) is 2.87. The molecule has 2 heterocycles. The normalized spacial score (nSPS) is 14.5. The fourth-order valence-corrected chi connectivity index (χ4v) is 2.99. The van der Waals surface area contributed by atoms with Crippen LogP contribution >= 0.6 is 11.6 Å². The summed E-state index contributed by atoms with van der Waals surface area (Å²) >= 11 is 5.85. The first-order valence-corrected chi connectivity index (χ1v) is 8.75. The molecule has 2 aromatic rings. The summed E-state index contributed by atoms with van der Waals surface area (Å²) in [7, 11) is 1.96. The van der Waals surface area contributed by atoms with Crippen molar-refractivity contribution >= 4 is 11.6 Å². The molecule has 7 heteroatoms. The molecule has 24 heavy (non-hydrogen) atoms. The van der Waals surface area contributed by atoms with E-state index in [-0.39, 0.29) is 5.69 Å². The molecule has 0 aliphatic carbocycles. The van der Waals surface area contributed by atoms with Gasteiger partial charge in [-0.15, -0.1) is 0 Å². The van der Waals surface area contributed by atoms with E-state index in [2.05, 4.69) is 5.10 Å². The average Bonchev–Trinajstić information content (AvgIpc) is 2.75. The third kappa shape index (κ3) is 4.19. The quantitative estimate of drug-likeness (QED) is 0.802. The van der Waals surface area contributed by atoms with Crippen LogP contribution in [0.15, 0.2) is 29.1 Å². The lowest BCUT2D eigenvalue weighted by atomic mass is 10.2. The molecule has 0 saturated heterocycles. The standard InChI is InChI=1S/C17H23ClN4O2/c1-20(11-12-24-15-8-6-14(18)7-9-15)13-22-17(23)21-10-4-2-3-5-16(21)19-22/h6-9H,2-5,10-13H2,1H3. The van der Waals surface area contributed by atoms with Crippen LogP contribution in [0.2, 0.25) is 5.02 Å². The first-order chi connectivity index (χ1) is 11.6. The molecule has 1 aliphatic heterocycles. The molecule has 0 fully saturated rings. The summed E-state index contributed by atoms with van der Waals surface area (Å²) in [6.07, 6.45) is 4.24. The van der Waals surface area contributed by atoms with Gasteiger partial charge in [0.15, 0.2) is 0 Å². The van der Waals surface area contributed by atoms with E-state index in [0.717, 1.165) is 37.4 Å². The van der Waals surface area contributed by atoms with Crippen LogP contribution < -0.4 is 10.4 Å². The molecule has 0 atom stereocenters. The minimum Gasteiger partial charge on any atom is -0.492 e. The van der Waals surface area contributed by atoms with E-state index in [9.17, 15) is 4.79 Å². The number of hydrogen-bond donors (Lipinski definition) is 0. The number of fused-ring (bicyclic) bond motifs is 1. The van der Waals surface area contributed by atoms with E-state index >= 15 is 0 Å². The highest BCUT2D eigenvalue weighted by Crippen LogP contribution is 2.15. The zero-order valence-electron chi connectivity index (χ0n) is 13.9. The molecule has 1 aromatic heterocycles. The maximum Gasteiger partial charge on any atom is 0.347 e. The lowest BCUT2D eigenvalue weighted by Crippen LogP contribution is -2.33. The minimum atomic E-state index is -0.00244. The summed E-state index contributed by atoms with van der Waals surface area (Å²) in [6, 6.07) is 7.30. The van der Waals surface area contributed by atoms with E-state index in [4.69, 9.17) is 16.3 Å². The Labute approximate surface area is 146 Å². The first kappa shape index (κ1) is 17.0. The van der Waals surface area contributed by atoms with Crippen molar-refractivity contribution in [2.24, 2.45) is 0 Å². The zero-order chi connectivity index (χ0) is 16.9. The van der Waals surface area contributed by atoms with Gasteiger partial charge in [-0.2, -0.15) is 9.78 Å². The lowest BCUT2D eigenvalue weighted by Gasteiger charge is -2.16. The topological polar surface area (TPSA) is 52.3 Å². The maximum atomic E-state index is 12.4. The number of aryl methyl sites for hydroxylation is 1. The molecule has 6 nitrogen and oxygen atoms in total. The number of hydrogen-bond acceptors (Lipinski definition) is 4. The predicted octanol–water partition coefficient (Wildman–Crippen LogP) is 2.39. The Morgan fingerprint density at radius 1 is 1.25 bits per heavy atom. The van der Waals surface area contributed by atoms with Crippen molar-refractivity contribution < 1.29 is 4.74 Å². The monoisotopic (exact) mass is 350 g/mol. The predicted molar refractivity (Wildman–Crippen MR) is 93.6 cm³/mol. The molecule has 1 aliphatic rings. The van der Waals surface area contributed by atoms with Gasteiger partial charge in [-0.05, 0) is 44.2 Å². The van der Waals surface area contributed by atoms with Crippen LogP contribution in [0, 0.1) is 0 Å². The molecular weight excluding hydrogens is 328 g/mol. The SMILES string of the molecule is CN(CCOc1ccc(Cl)cc1)Cn1nc2n(c1=O)CCCCC2. The molecule has 3 rings (SSSR count). The van der Waals surface area contributed by atoms with Crippen molar-refractivity contribution in [1.82, 2.24) is 19.2 Å². The smallest absolute Gasteiger partial charge is 0.347 e. The van der Waals surface area contributed by atoms with Gasteiger partial charge in [-0.25, -0.2) is 4.79 Å². The highest BCUT2D eigenvalue weighted by atomic mass is 35.5. The summed E-state index contributed by atoms with van der Waals surface area (Å²) in [4.78, 5) is 14.5. The largest absolute Gasteiger partial charge is 0.492 e. The molecule has 0 unspecified atom stereocenters. The summed E-state index contributed by atoms with van der Waals surface area (Å²) in [5, 5.41) is 5.19. The van der Waals surface area contributed by atoms with Crippen molar-refractivity contribution in [3.63, 3.8) is 0 Å². The van der Waals surface area contributed by atoms with E-state index in [1.807, 2.05) is 28.6 Å². The van der Waals surface area contributed by atoms with Gasteiger partial charge in [-0.3, -0.25) is 9.47 Å².